The summed E-state index contributed by atoms with van der Waals surface area (Å²) in [7, 11) is 0. The number of pyridine rings is 1. The van der Waals surface area contributed by atoms with Gasteiger partial charge in [0, 0.05) is 54.5 Å². The normalized spacial score (nSPS) is 14.1. The number of nitrogens with zero attached hydrogens (tertiary/aromatic N) is 4. The number of rotatable bonds is 3. The molecule has 28 heavy (non-hydrogen) atoms. The van der Waals surface area contributed by atoms with E-state index in [0.717, 1.165) is 60.0 Å². The van der Waals surface area contributed by atoms with Crippen LogP contribution < -0.4 is 5.73 Å². The standard InChI is InChI=1S/C23H21N5/c24-19-8-5-17(6-9-19)23-25-13-18-14-28(12-11-22(18)27-23)15-20-10-7-16-3-1-2-4-21(16)26-20/h1-10,13H,11-12,14-15,24H2. The Hall–Kier alpha value is -3.31. The van der Waals surface area contributed by atoms with Crippen molar-refractivity contribution in [3.8, 4) is 11.4 Å². The summed E-state index contributed by atoms with van der Waals surface area (Å²) < 4.78 is 0. The molecule has 1 aliphatic heterocycles. The lowest BCUT2D eigenvalue weighted by molar-refractivity contribution is 0.240. The number of hydrogen-bond donors (Lipinski definition) is 1. The molecule has 5 heteroatoms. The first kappa shape index (κ1) is 16.8. The van der Waals surface area contributed by atoms with Crippen LogP contribution in [0.2, 0.25) is 0 Å². The average molecular weight is 367 g/mol. The van der Waals surface area contributed by atoms with Crippen LogP contribution in [0.1, 0.15) is 17.0 Å². The van der Waals surface area contributed by atoms with E-state index < -0.39 is 0 Å². The molecule has 2 aromatic heterocycles. The minimum absolute atomic E-state index is 0.750. The highest BCUT2D eigenvalue weighted by atomic mass is 15.1. The predicted molar refractivity (Wildman–Crippen MR) is 111 cm³/mol. The summed E-state index contributed by atoms with van der Waals surface area (Å²) in [5.41, 5.74) is 12.0. The molecule has 1 aliphatic rings. The maximum absolute atomic E-state index is 5.77. The third kappa shape index (κ3) is 3.32. The molecule has 0 bridgehead atoms. The van der Waals surface area contributed by atoms with Gasteiger partial charge in [0.1, 0.15) is 0 Å². The molecule has 0 amide bonds. The van der Waals surface area contributed by atoms with E-state index in [2.05, 4.69) is 34.1 Å². The van der Waals surface area contributed by atoms with Crippen molar-refractivity contribution >= 4 is 16.6 Å². The number of para-hydroxylation sites is 1. The lowest BCUT2D eigenvalue weighted by Crippen LogP contribution is -2.31. The summed E-state index contributed by atoms with van der Waals surface area (Å²) in [6.45, 7) is 2.66. The second-order valence-corrected chi connectivity index (χ2v) is 7.24. The minimum Gasteiger partial charge on any atom is -0.399 e. The molecule has 4 aromatic rings. The Morgan fingerprint density at radius 3 is 2.68 bits per heavy atom. The lowest BCUT2D eigenvalue weighted by atomic mass is 10.1. The number of nitrogen functional groups attached to an aromatic ring is 1. The third-order valence-corrected chi connectivity index (χ3v) is 5.22. The molecule has 0 saturated heterocycles. The van der Waals surface area contributed by atoms with Gasteiger partial charge in [-0.05, 0) is 36.4 Å². The number of nitrogens with two attached hydrogens (primary N) is 1. The first-order valence-electron chi connectivity index (χ1n) is 9.52. The van der Waals surface area contributed by atoms with Gasteiger partial charge in [-0.1, -0.05) is 24.3 Å². The van der Waals surface area contributed by atoms with E-state index in [9.17, 15) is 0 Å². The second-order valence-electron chi connectivity index (χ2n) is 7.24. The number of hydrogen-bond acceptors (Lipinski definition) is 5. The summed E-state index contributed by atoms with van der Waals surface area (Å²) >= 11 is 0. The zero-order valence-electron chi connectivity index (χ0n) is 15.5. The Morgan fingerprint density at radius 1 is 0.929 bits per heavy atom. The highest BCUT2D eigenvalue weighted by Crippen LogP contribution is 2.23. The SMILES string of the molecule is Nc1ccc(-c2ncc3c(n2)CCN(Cc2ccc4ccccc4n2)C3)cc1. The van der Waals surface area contributed by atoms with Gasteiger partial charge in [0.25, 0.3) is 0 Å². The highest BCUT2D eigenvalue weighted by molar-refractivity contribution is 5.78. The lowest BCUT2D eigenvalue weighted by Gasteiger charge is -2.27. The summed E-state index contributed by atoms with van der Waals surface area (Å²) in [5.74, 6) is 0.767. The number of anilines is 1. The van der Waals surface area contributed by atoms with E-state index in [1.807, 2.05) is 42.6 Å². The van der Waals surface area contributed by atoms with E-state index >= 15 is 0 Å². The molecule has 0 spiro atoms. The Kier molecular flexibility index (Phi) is 4.22. The van der Waals surface area contributed by atoms with Crippen LogP contribution in [0.25, 0.3) is 22.3 Å². The highest BCUT2D eigenvalue weighted by Gasteiger charge is 2.19. The Morgan fingerprint density at radius 2 is 1.79 bits per heavy atom. The van der Waals surface area contributed by atoms with Crippen LogP contribution in [0.4, 0.5) is 5.69 Å². The van der Waals surface area contributed by atoms with Crippen molar-refractivity contribution < 1.29 is 0 Å². The molecule has 0 atom stereocenters. The van der Waals surface area contributed by atoms with Gasteiger partial charge in [0.15, 0.2) is 5.82 Å². The molecular formula is C23H21N5. The molecule has 0 aliphatic carbocycles. The van der Waals surface area contributed by atoms with Gasteiger partial charge < -0.3 is 5.73 Å². The molecule has 138 valence electrons. The maximum atomic E-state index is 5.77. The molecule has 0 saturated carbocycles. The average Bonchev–Trinajstić information content (AvgIpc) is 2.74. The third-order valence-electron chi connectivity index (χ3n) is 5.22. The molecule has 5 rings (SSSR count). The van der Waals surface area contributed by atoms with Crippen LogP contribution in [0.3, 0.4) is 0 Å². The quantitative estimate of drug-likeness (QED) is 0.557. The Bertz CT molecular complexity index is 1140. The molecule has 2 aromatic carbocycles. The van der Waals surface area contributed by atoms with E-state index in [4.69, 9.17) is 15.7 Å². The van der Waals surface area contributed by atoms with Crippen LogP contribution in [0, 0.1) is 0 Å². The van der Waals surface area contributed by atoms with Crippen molar-refractivity contribution in [3.05, 3.63) is 83.8 Å². The van der Waals surface area contributed by atoms with E-state index in [-0.39, 0.29) is 0 Å². The smallest absolute Gasteiger partial charge is 0.159 e. The monoisotopic (exact) mass is 367 g/mol. The largest absolute Gasteiger partial charge is 0.399 e. The fourth-order valence-electron chi connectivity index (χ4n) is 3.71. The fourth-order valence-corrected chi connectivity index (χ4v) is 3.71. The van der Waals surface area contributed by atoms with Gasteiger partial charge in [0.05, 0.1) is 16.9 Å². The van der Waals surface area contributed by atoms with Gasteiger partial charge in [-0.25, -0.2) is 9.97 Å². The number of benzene rings is 2. The van der Waals surface area contributed by atoms with Crippen molar-refractivity contribution in [2.45, 2.75) is 19.5 Å². The Balaban J connectivity index is 1.34. The van der Waals surface area contributed by atoms with Crippen molar-refractivity contribution in [2.24, 2.45) is 0 Å². The molecular weight excluding hydrogens is 346 g/mol. The summed E-state index contributed by atoms with van der Waals surface area (Å²) in [5, 5.41) is 1.18. The van der Waals surface area contributed by atoms with Crippen molar-refractivity contribution in [1.82, 2.24) is 19.9 Å². The van der Waals surface area contributed by atoms with Gasteiger partial charge in [-0.15, -0.1) is 0 Å². The van der Waals surface area contributed by atoms with Gasteiger partial charge >= 0.3 is 0 Å². The van der Waals surface area contributed by atoms with E-state index in [1.54, 1.807) is 0 Å². The first-order valence-corrected chi connectivity index (χ1v) is 9.52. The van der Waals surface area contributed by atoms with E-state index in [0.29, 0.717) is 0 Å². The van der Waals surface area contributed by atoms with E-state index in [1.165, 1.54) is 10.9 Å². The van der Waals surface area contributed by atoms with Crippen LogP contribution in [0.5, 0.6) is 0 Å². The molecule has 0 fully saturated rings. The second kappa shape index (κ2) is 7.02. The molecule has 3 heterocycles. The fraction of sp³-hybridized carbons (Fsp3) is 0.174. The maximum Gasteiger partial charge on any atom is 0.159 e. The topological polar surface area (TPSA) is 67.9 Å². The van der Waals surface area contributed by atoms with Crippen molar-refractivity contribution in [2.75, 3.05) is 12.3 Å². The molecule has 0 unspecified atom stereocenters. The van der Waals surface area contributed by atoms with Crippen molar-refractivity contribution in [1.29, 1.82) is 0 Å². The van der Waals surface area contributed by atoms with Crippen molar-refractivity contribution in [3.63, 3.8) is 0 Å². The van der Waals surface area contributed by atoms with Gasteiger partial charge in [0.2, 0.25) is 0 Å². The summed E-state index contributed by atoms with van der Waals surface area (Å²) in [4.78, 5) is 16.6. The van der Waals surface area contributed by atoms with Crippen LogP contribution in [-0.2, 0) is 19.5 Å². The number of fused-ring (bicyclic) bond motifs is 2. The zero-order valence-corrected chi connectivity index (χ0v) is 15.5. The predicted octanol–water partition coefficient (Wildman–Crippen LogP) is 3.83. The van der Waals surface area contributed by atoms with Gasteiger partial charge in [-0.2, -0.15) is 0 Å². The van der Waals surface area contributed by atoms with Crippen LogP contribution >= 0.6 is 0 Å². The molecule has 5 nitrogen and oxygen atoms in total. The molecule has 2 N–H and O–H groups in total. The Labute approximate surface area is 163 Å². The summed E-state index contributed by atoms with van der Waals surface area (Å²) in [6.07, 6.45) is 2.89. The first-order chi connectivity index (χ1) is 13.7. The van der Waals surface area contributed by atoms with Gasteiger partial charge in [-0.3, -0.25) is 9.88 Å². The van der Waals surface area contributed by atoms with Crippen LogP contribution in [0.15, 0.2) is 66.9 Å². The summed E-state index contributed by atoms with van der Waals surface area (Å²) in [6, 6.07) is 20.2. The number of aromatic nitrogens is 3. The zero-order chi connectivity index (χ0) is 18.9. The molecule has 0 radical (unpaired) electrons. The van der Waals surface area contributed by atoms with Crippen LogP contribution in [-0.4, -0.2) is 26.4 Å². The minimum atomic E-state index is 0.750.